The van der Waals surface area contributed by atoms with Crippen LogP contribution in [-0.4, -0.2) is 33.4 Å². The van der Waals surface area contributed by atoms with E-state index in [1.165, 1.54) is 22.2 Å². The Labute approximate surface area is 134 Å². The number of amides is 1. The smallest absolute Gasteiger partial charge is 0.262 e. The van der Waals surface area contributed by atoms with Gasteiger partial charge < -0.3 is 4.90 Å². The Hall–Kier alpha value is -1.69. The van der Waals surface area contributed by atoms with Crippen molar-refractivity contribution in [2.45, 2.75) is 46.7 Å². The fourth-order valence-electron chi connectivity index (χ4n) is 2.24. The summed E-state index contributed by atoms with van der Waals surface area (Å²) < 4.78 is 1.52. The molecule has 0 fully saturated rings. The number of aromatic nitrogens is 2. The van der Waals surface area contributed by atoms with E-state index in [9.17, 15) is 9.59 Å². The van der Waals surface area contributed by atoms with Crippen LogP contribution in [0.3, 0.4) is 0 Å². The summed E-state index contributed by atoms with van der Waals surface area (Å²) in [7, 11) is 1.82. The van der Waals surface area contributed by atoms with E-state index in [0.29, 0.717) is 18.4 Å². The molecule has 0 saturated carbocycles. The molecule has 2 aromatic rings. The van der Waals surface area contributed by atoms with Gasteiger partial charge in [-0.25, -0.2) is 4.98 Å². The Balaban J connectivity index is 2.07. The molecule has 0 bridgehead atoms. The minimum absolute atomic E-state index is 0.0262. The number of carbonyl (C=O) groups excluding carboxylic acids is 1. The van der Waals surface area contributed by atoms with Gasteiger partial charge in [0.2, 0.25) is 5.91 Å². The van der Waals surface area contributed by atoms with Gasteiger partial charge in [0.15, 0.2) is 0 Å². The van der Waals surface area contributed by atoms with E-state index in [2.05, 4.69) is 25.8 Å². The molecular weight excluding hydrogens is 298 g/mol. The van der Waals surface area contributed by atoms with E-state index < -0.39 is 0 Å². The number of thiophene rings is 1. The van der Waals surface area contributed by atoms with Crippen LogP contribution in [0.2, 0.25) is 0 Å². The van der Waals surface area contributed by atoms with Crippen LogP contribution in [0.1, 0.15) is 34.1 Å². The molecule has 0 unspecified atom stereocenters. The fraction of sp³-hybridized carbons (Fsp3) is 0.562. The third-order valence-corrected chi connectivity index (χ3v) is 5.07. The van der Waals surface area contributed by atoms with Crippen LogP contribution in [-0.2, 0) is 11.3 Å². The molecule has 0 spiro atoms. The zero-order valence-corrected chi connectivity index (χ0v) is 14.6. The first-order valence-electron chi connectivity index (χ1n) is 7.40. The highest BCUT2D eigenvalue weighted by molar-refractivity contribution is 7.16. The highest BCUT2D eigenvalue weighted by Gasteiger charge is 2.26. The summed E-state index contributed by atoms with van der Waals surface area (Å²) >= 11 is 1.45. The summed E-state index contributed by atoms with van der Waals surface area (Å²) in [5, 5.41) is 2.48. The number of rotatable bonds is 4. The van der Waals surface area contributed by atoms with E-state index in [1.807, 2.05) is 19.4 Å². The lowest BCUT2D eigenvalue weighted by atomic mass is 9.87. The van der Waals surface area contributed by atoms with Gasteiger partial charge >= 0.3 is 0 Å². The van der Waals surface area contributed by atoms with Gasteiger partial charge in [-0.3, -0.25) is 14.2 Å². The molecule has 5 nitrogen and oxygen atoms in total. The SMILES string of the molecule is C[C@H](N(C)C(=O)CCn1cnc2sccc2c1=O)C(C)(C)C. The van der Waals surface area contributed by atoms with Gasteiger partial charge in [-0.1, -0.05) is 20.8 Å². The van der Waals surface area contributed by atoms with Crippen LogP contribution >= 0.6 is 11.3 Å². The Bertz CT molecular complexity index is 727. The van der Waals surface area contributed by atoms with Crippen molar-refractivity contribution in [1.29, 1.82) is 0 Å². The number of carbonyl (C=O) groups is 1. The third-order valence-electron chi connectivity index (χ3n) is 4.24. The lowest BCUT2D eigenvalue weighted by molar-refractivity contribution is -0.133. The average Bonchev–Trinajstić information content (AvgIpc) is 2.93. The molecule has 2 aromatic heterocycles. The Kier molecular flexibility index (Phi) is 4.70. The van der Waals surface area contributed by atoms with Gasteiger partial charge in [0.25, 0.3) is 5.56 Å². The van der Waals surface area contributed by atoms with Crippen molar-refractivity contribution in [2.24, 2.45) is 5.41 Å². The van der Waals surface area contributed by atoms with Crippen molar-refractivity contribution in [3.05, 3.63) is 28.1 Å². The highest BCUT2D eigenvalue weighted by atomic mass is 32.1. The molecule has 2 rings (SSSR count). The quantitative estimate of drug-likeness (QED) is 0.870. The van der Waals surface area contributed by atoms with Crippen LogP contribution in [0.25, 0.3) is 10.2 Å². The van der Waals surface area contributed by atoms with Crippen LogP contribution < -0.4 is 5.56 Å². The largest absolute Gasteiger partial charge is 0.342 e. The topological polar surface area (TPSA) is 55.2 Å². The second kappa shape index (κ2) is 6.20. The summed E-state index contributed by atoms with van der Waals surface area (Å²) in [4.78, 5) is 31.4. The Morgan fingerprint density at radius 2 is 2.14 bits per heavy atom. The first-order chi connectivity index (χ1) is 10.2. The van der Waals surface area contributed by atoms with Gasteiger partial charge in [-0.15, -0.1) is 11.3 Å². The van der Waals surface area contributed by atoms with Crippen molar-refractivity contribution in [3.63, 3.8) is 0 Å². The minimum Gasteiger partial charge on any atom is -0.342 e. The maximum Gasteiger partial charge on any atom is 0.262 e. The lowest BCUT2D eigenvalue weighted by Crippen LogP contribution is -2.43. The van der Waals surface area contributed by atoms with E-state index in [4.69, 9.17) is 0 Å². The lowest BCUT2D eigenvalue weighted by Gasteiger charge is -2.35. The fourth-order valence-corrected chi connectivity index (χ4v) is 2.97. The molecule has 1 atom stereocenters. The van der Waals surface area contributed by atoms with E-state index in [-0.39, 0.29) is 22.9 Å². The maximum atomic E-state index is 12.3. The van der Waals surface area contributed by atoms with Crippen LogP contribution in [0, 0.1) is 5.41 Å². The number of hydrogen-bond donors (Lipinski definition) is 0. The molecule has 0 radical (unpaired) electrons. The average molecular weight is 321 g/mol. The molecule has 0 aromatic carbocycles. The molecule has 2 heterocycles. The predicted octanol–water partition coefficient (Wildman–Crippen LogP) is 2.74. The van der Waals surface area contributed by atoms with Crippen molar-refractivity contribution in [2.75, 3.05) is 7.05 Å². The number of hydrogen-bond acceptors (Lipinski definition) is 4. The Morgan fingerprint density at radius 3 is 2.77 bits per heavy atom. The summed E-state index contributed by atoms with van der Waals surface area (Å²) in [6, 6.07) is 1.91. The molecule has 0 aliphatic heterocycles. The van der Waals surface area contributed by atoms with Crippen molar-refractivity contribution in [3.8, 4) is 0 Å². The summed E-state index contributed by atoms with van der Waals surface area (Å²) in [5.74, 6) is 0.0414. The highest BCUT2D eigenvalue weighted by Crippen LogP contribution is 2.23. The van der Waals surface area contributed by atoms with Gasteiger partial charge in [0.05, 0.1) is 11.7 Å². The molecule has 1 amide bonds. The predicted molar refractivity (Wildman–Crippen MR) is 90.2 cm³/mol. The molecule has 120 valence electrons. The maximum absolute atomic E-state index is 12.3. The number of aryl methyl sites for hydroxylation is 1. The van der Waals surface area contributed by atoms with Crippen molar-refractivity contribution >= 4 is 27.5 Å². The molecule has 0 N–H and O–H groups in total. The molecule has 6 heteroatoms. The van der Waals surface area contributed by atoms with Crippen molar-refractivity contribution < 1.29 is 4.79 Å². The molecular formula is C16H23N3O2S. The molecule has 0 aliphatic rings. The first-order valence-corrected chi connectivity index (χ1v) is 8.28. The number of fused-ring (bicyclic) bond motifs is 1. The Morgan fingerprint density at radius 1 is 1.45 bits per heavy atom. The summed E-state index contributed by atoms with van der Waals surface area (Å²) in [5.41, 5.74) is -0.0520. The van der Waals surface area contributed by atoms with E-state index in [1.54, 1.807) is 11.0 Å². The van der Waals surface area contributed by atoms with E-state index in [0.717, 1.165) is 4.83 Å². The van der Waals surface area contributed by atoms with Gasteiger partial charge in [-0.2, -0.15) is 0 Å². The van der Waals surface area contributed by atoms with Gasteiger partial charge in [0, 0.05) is 26.1 Å². The zero-order valence-electron chi connectivity index (χ0n) is 13.8. The number of nitrogens with zero attached hydrogens (tertiary/aromatic N) is 3. The van der Waals surface area contributed by atoms with Crippen molar-refractivity contribution in [1.82, 2.24) is 14.5 Å². The normalized spacial score (nSPS) is 13.3. The standard InChI is InChI=1S/C16H23N3O2S/c1-11(16(2,3)4)18(5)13(20)6-8-19-10-17-14-12(15(19)21)7-9-22-14/h7,9-11H,6,8H2,1-5H3/t11-/m0/s1. The van der Waals surface area contributed by atoms with Gasteiger partial charge in [0.1, 0.15) is 4.83 Å². The molecule has 22 heavy (non-hydrogen) atoms. The molecule has 0 saturated heterocycles. The van der Waals surface area contributed by atoms with E-state index >= 15 is 0 Å². The van der Waals surface area contributed by atoms with Gasteiger partial charge in [-0.05, 0) is 23.8 Å². The second-order valence-corrected chi connectivity index (χ2v) is 7.57. The van der Waals surface area contributed by atoms with Crippen LogP contribution in [0.5, 0.6) is 0 Å². The summed E-state index contributed by atoms with van der Waals surface area (Å²) in [6.45, 7) is 8.74. The van der Waals surface area contributed by atoms with Crippen LogP contribution in [0.4, 0.5) is 0 Å². The molecule has 0 aliphatic carbocycles. The minimum atomic E-state index is -0.0782. The monoisotopic (exact) mass is 321 g/mol. The van der Waals surface area contributed by atoms with Crippen LogP contribution in [0.15, 0.2) is 22.6 Å². The zero-order chi connectivity index (χ0) is 16.5. The summed E-state index contributed by atoms with van der Waals surface area (Å²) in [6.07, 6.45) is 1.83. The second-order valence-electron chi connectivity index (χ2n) is 6.68. The third kappa shape index (κ3) is 3.38. The first kappa shape index (κ1) is 16.7.